The summed E-state index contributed by atoms with van der Waals surface area (Å²) in [7, 11) is 6.00. The molecule has 1 N–H and O–H groups in total. The summed E-state index contributed by atoms with van der Waals surface area (Å²) in [4.78, 5) is 20.6. The molecule has 1 aromatic rings. The van der Waals surface area contributed by atoms with Gasteiger partial charge in [-0.3, -0.25) is 0 Å². The summed E-state index contributed by atoms with van der Waals surface area (Å²) in [6.07, 6.45) is 5.36. The van der Waals surface area contributed by atoms with E-state index >= 15 is 0 Å². The van der Waals surface area contributed by atoms with Gasteiger partial charge in [0, 0.05) is 38.0 Å². The molecule has 0 aromatic carbocycles. The van der Waals surface area contributed by atoms with Crippen LogP contribution >= 0.6 is 0 Å². The van der Waals surface area contributed by atoms with Crippen LogP contribution in [0.1, 0.15) is 57.2 Å². The molecule has 1 aliphatic carbocycles. The molecule has 0 bridgehead atoms. The molecule has 7 nitrogen and oxygen atoms in total. The number of amides is 2. The number of hydrogen-bond donors (Lipinski definition) is 1. The first-order chi connectivity index (χ1) is 11.3. The summed E-state index contributed by atoms with van der Waals surface area (Å²) in [6, 6.07) is -0.0456. The topological polar surface area (TPSA) is 74.5 Å². The molecular weight excluding hydrogens is 306 g/mol. The van der Waals surface area contributed by atoms with Crippen LogP contribution in [-0.4, -0.2) is 65.7 Å². The molecule has 0 aliphatic heterocycles. The lowest BCUT2D eigenvalue weighted by Gasteiger charge is -2.37. The smallest absolute Gasteiger partial charge is 0.317 e. The van der Waals surface area contributed by atoms with Gasteiger partial charge in [0.15, 0.2) is 5.82 Å². The Morgan fingerprint density at radius 1 is 1.29 bits per heavy atom. The number of rotatable bonds is 7. The maximum atomic E-state index is 12.3. The van der Waals surface area contributed by atoms with Crippen molar-refractivity contribution in [1.82, 2.24) is 25.3 Å². The average molecular weight is 337 g/mol. The van der Waals surface area contributed by atoms with Crippen LogP contribution in [0.4, 0.5) is 4.79 Å². The predicted molar refractivity (Wildman–Crippen MR) is 93.0 cm³/mol. The van der Waals surface area contributed by atoms with E-state index in [1.807, 2.05) is 13.8 Å². The summed E-state index contributed by atoms with van der Waals surface area (Å²) < 4.78 is 5.19. The van der Waals surface area contributed by atoms with Gasteiger partial charge in [-0.05, 0) is 26.9 Å². The fraction of sp³-hybridized carbons (Fsp3) is 0.824. The number of nitrogens with zero attached hydrogens (tertiary/aromatic N) is 4. The van der Waals surface area contributed by atoms with Crippen LogP contribution < -0.4 is 5.32 Å². The van der Waals surface area contributed by atoms with E-state index in [9.17, 15) is 4.79 Å². The fourth-order valence-corrected chi connectivity index (χ4v) is 3.16. The molecule has 136 valence electrons. The van der Waals surface area contributed by atoms with Crippen molar-refractivity contribution in [2.45, 2.75) is 57.4 Å². The number of aromatic nitrogens is 2. The molecule has 0 spiro atoms. The number of urea groups is 1. The third-order valence-corrected chi connectivity index (χ3v) is 5.05. The van der Waals surface area contributed by atoms with Crippen LogP contribution in [0, 0.1) is 0 Å². The molecular formula is C17H31N5O2. The molecule has 0 radical (unpaired) electrons. The lowest BCUT2D eigenvalue weighted by molar-refractivity contribution is 0.148. The lowest BCUT2D eigenvalue weighted by Crippen LogP contribution is -2.52. The Bertz CT molecular complexity index is 535. The third-order valence-electron chi connectivity index (χ3n) is 5.05. The van der Waals surface area contributed by atoms with Gasteiger partial charge in [0.1, 0.15) is 0 Å². The Hall–Kier alpha value is -1.63. The zero-order chi connectivity index (χ0) is 17.7. The Kier molecular flexibility index (Phi) is 6.21. The molecule has 0 saturated heterocycles. The molecule has 1 aliphatic rings. The van der Waals surface area contributed by atoms with Crippen molar-refractivity contribution >= 4 is 6.03 Å². The maximum absolute atomic E-state index is 12.3. The molecule has 1 heterocycles. The summed E-state index contributed by atoms with van der Waals surface area (Å²) >= 11 is 0. The average Bonchev–Trinajstić information content (AvgIpc) is 3.20. The van der Waals surface area contributed by atoms with E-state index in [-0.39, 0.29) is 17.5 Å². The second-order valence-electron chi connectivity index (χ2n) is 7.36. The largest absolute Gasteiger partial charge is 0.339 e. The minimum Gasteiger partial charge on any atom is -0.339 e. The van der Waals surface area contributed by atoms with Crippen molar-refractivity contribution in [2.75, 3.05) is 34.2 Å². The quantitative estimate of drug-likeness (QED) is 0.826. The van der Waals surface area contributed by atoms with Crippen molar-refractivity contribution in [2.24, 2.45) is 0 Å². The van der Waals surface area contributed by atoms with Gasteiger partial charge >= 0.3 is 6.03 Å². The second-order valence-corrected chi connectivity index (χ2v) is 7.36. The standard InChI is InChI=1S/C17H31N5O2/c1-13(2)15-19-14(20-24-15)8-11-22(5)16(23)18-12-17(21(3)4)9-6-7-10-17/h13H,6-12H2,1-5H3,(H,18,23). The highest BCUT2D eigenvalue weighted by Crippen LogP contribution is 2.33. The van der Waals surface area contributed by atoms with Gasteiger partial charge in [0.25, 0.3) is 0 Å². The molecule has 7 heteroatoms. The first-order valence-corrected chi connectivity index (χ1v) is 8.83. The predicted octanol–water partition coefficient (Wildman–Crippen LogP) is 2.25. The molecule has 1 saturated carbocycles. The Labute approximate surface area is 144 Å². The number of nitrogens with one attached hydrogen (secondary N) is 1. The normalized spacial score (nSPS) is 16.8. The zero-order valence-electron chi connectivity index (χ0n) is 15.6. The van der Waals surface area contributed by atoms with Gasteiger partial charge in [0.2, 0.25) is 5.89 Å². The van der Waals surface area contributed by atoms with E-state index in [0.29, 0.717) is 31.2 Å². The third kappa shape index (κ3) is 4.47. The number of likely N-dealkylation sites (N-methyl/N-ethyl adjacent to an activating group) is 2. The molecule has 1 fully saturated rings. The first-order valence-electron chi connectivity index (χ1n) is 8.83. The number of carbonyl (C=O) groups is 1. The Balaban J connectivity index is 1.79. The van der Waals surface area contributed by atoms with Crippen LogP contribution in [0.25, 0.3) is 0 Å². The van der Waals surface area contributed by atoms with Gasteiger partial charge in [0.05, 0.1) is 0 Å². The second kappa shape index (κ2) is 7.96. The lowest BCUT2D eigenvalue weighted by atomic mass is 9.96. The molecule has 24 heavy (non-hydrogen) atoms. The van der Waals surface area contributed by atoms with Crippen LogP contribution in [0.15, 0.2) is 4.52 Å². The Morgan fingerprint density at radius 3 is 2.50 bits per heavy atom. The van der Waals surface area contributed by atoms with Crippen LogP contribution in [0.5, 0.6) is 0 Å². The maximum Gasteiger partial charge on any atom is 0.317 e. The highest BCUT2D eigenvalue weighted by atomic mass is 16.5. The summed E-state index contributed by atoms with van der Waals surface area (Å²) in [5, 5.41) is 7.05. The van der Waals surface area contributed by atoms with Gasteiger partial charge in [-0.15, -0.1) is 0 Å². The van der Waals surface area contributed by atoms with Gasteiger partial charge in [-0.2, -0.15) is 4.98 Å². The van der Waals surface area contributed by atoms with Gasteiger partial charge in [-0.1, -0.05) is 31.8 Å². The van der Waals surface area contributed by atoms with Gasteiger partial charge < -0.3 is 19.6 Å². The molecule has 1 aromatic heterocycles. The molecule has 2 amide bonds. The van der Waals surface area contributed by atoms with Crippen molar-refractivity contribution in [1.29, 1.82) is 0 Å². The van der Waals surface area contributed by atoms with Crippen molar-refractivity contribution in [3.63, 3.8) is 0 Å². The van der Waals surface area contributed by atoms with E-state index in [1.165, 1.54) is 12.8 Å². The first kappa shape index (κ1) is 18.7. The summed E-state index contributed by atoms with van der Waals surface area (Å²) in [5.41, 5.74) is 0.107. The van der Waals surface area contributed by atoms with E-state index in [0.717, 1.165) is 12.8 Å². The number of carbonyl (C=O) groups excluding carboxylic acids is 1. The summed E-state index contributed by atoms with van der Waals surface area (Å²) in [6.45, 7) is 5.29. The van der Waals surface area contributed by atoms with E-state index in [4.69, 9.17) is 4.52 Å². The molecule has 0 atom stereocenters. The van der Waals surface area contributed by atoms with Gasteiger partial charge in [-0.25, -0.2) is 4.79 Å². The highest BCUT2D eigenvalue weighted by Gasteiger charge is 2.36. The fourth-order valence-electron chi connectivity index (χ4n) is 3.16. The van der Waals surface area contributed by atoms with Crippen LogP contribution in [0.3, 0.4) is 0 Å². The van der Waals surface area contributed by atoms with Crippen molar-refractivity contribution in [3.8, 4) is 0 Å². The Morgan fingerprint density at radius 2 is 1.96 bits per heavy atom. The van der Waals surface area contributed by atoms with Crippen molar-refractivity contribution < 1.29 is 9.32 Å². The molecule has 0 unspecified atom stereocenters. The minimum atomic E-state index is -0.0456. The van der Waals surface area contributed by atoms with Crippen LogP contribution in [-0.2, 0) is 6.42 Å². The zero-order valence-corrected chi connectivity index (χ0v) is 15.6. The highest BCUT2D eigenvalue weighted by molar-refractivity contribution is 5.73. The SMILES string of the molecule is CC(C)c1nc(CCN(C)C(=O)NCC2(N(C)C)CCCC2)no1. The van der Waals surface area contributed by atoms with E-state index in [2.05, 4.69) is 34.5 Å². The minimum absolute atomic E-state index is 0.0456. The summed E-state index contributed by atoms with van der Waals surface area (Å²) in [5.74, 6) is 1.52. The number of hydrogen-bond acceptors (Lipinski definition) is 5. The van der Waals surface area contributed by atoms with E-state index in [1.54, 1.807) is 11.9 Å². The van der Waals surface area contributed by atoms with E-state index < -0.39 is 0 Å². The molecule has 2 rings (SSSR count). The van der Waals surface area contributed by atoms with Crippen molar-refractivity contribution in [3.05, 3.63) is 11.7 Å². The van der Waals surface area contributed by atoms with Crippen LogP contribution in [0.2, 0.25) is 0 Å². The monoisotopic (exact) mass is 337 g/mol.